The maximum absolute atomic E-state index is 12.2. The average molecular weight is 470 g/mol. The Morgan fingerprint density at radius 2 is 1.91 bits per heavy atom. The topological polar surface area (TPSA) is 72.6 Å². The van der Waals surface area contributed by atoms with Crippen LogP contribution in [0.3, 0.4) is 0 Å². The number of rotatable bonds is 4. The number of carbonyl (C=O) groups excluding carboxylic acids is 1. The Morgan fingerprint density at radius 3 is 2.66 bits per heavy atom. The van der Waals surface area contributed by atoms with Crippen molar-refractivity contribution >= 4 is 51.7 Å². The first-order valence-corrected chi connectivity index (χ1v) is 11.3. The Morgan fingerprint density at radius 1 is 1.12 bits per heavy atom. The molecular weight excluding hydrogens is 449 g/mol. The lowest BCUT2D eigenvalue weighted by atomic mass is 9.97. The molecule has 0 unspecified atom stereocenters. The van der Waals surface area contributed by atoms with Crippen LogP contribution < -0.4 is 4.90 Å². The summed E-state index contributed by atoms with van der Waals surface area (Å²) in [6, 6.07) is 13.1. The zero-order chi connectivity index (χ0) is 22.2. The predicted octanol–water partition coefficient (Wildman–Crippen LogP) is 5.03. The highest BCUT2D eigenvalue weighted by Crippen LogP contribution is 2.33. The molecule has 1 aliphatic heterocycles. The number of benzene rings is 2. The van der Waals surface area contributed by atoms with E-state index in [9.17, 15) is 4.79 Å². The van der Waals surface area contributed by atoms with Gasteiger partial charge in [0.15, 0.2) is 11.5 Å². The van der Waals surface area contributed by atoms with Crippen molar-refractivity contribution in [1.82, 2.24) is 19.6 Å². The van der Waals surface area contributed by atoms with E-state index in [1.54, 1.807) is 0 Å². The lowest BCUT2D eigenvalue weighted by molar-refractivity contribution is -0.148. The van der Waals surface area contributed by atoms with Crippen LogP contribution in [0, 0.1) is 5.92 Å². The fourth-order valence-electron chi connectivity index (χ4n) is 4.20. The van der Waals surface area contributed by atoms with E-state index >= 15 is 0 Å². The van der Waals surface area contributed by atoms with Gasteiger partial charge < -0.3 is 9.64 Å². The smallest absolute Gasteiger partial charge is 0.309 e. The molecule has 7 nitrogen and oxygen atoms in total. The summed E-state index contributed by atoms with van der Waals surface area (Å²) in [4.78, 5) is 19.3. The Bertz CT molecular complexity index is 1310. The van der Waals surface area contributed by atoms with Crippen LogP contribution in [0.2, 0.25) is 10.0 Å². The highest BCUT2D eigenvalue weighted by Gasteiger charge is 2.29. The minimum atomic E-state index is -0.128. The van der Waals surface area contributed by atoms with Crippen molar-refractivity contribution < 1.29 is 9.53 Å². The molecule has 0 bridgehead atoms. The fraction of sp³-hybridized carbons (Fsp3) is 0.304. The Hall–Kier alpha value is -2.90. The lowest BCUT2D eigenvalue weighted by Crippen LogP contribution is -2.38. The maximum Gasteiger partial charge on any atom is 0.309 e. The van der Waals surface area contributed by atoms with Gasteiger partial charge in [0.05, 0.1) is 23.1 Å². The zero-order valence-electron chi connectivity index (χ0n) is 17.5. The molecule has 32 heavy (non-hydrogen) atoms. The predicted molar refractivity (Wildman–Crippen MR) is 125 cm³/mol. The van der Waals surface area contributed by atoms with Crippen molar-refractivity contribution in [2.75, 3.05) is 24.6 Å². The van der Waals surface area contributed by atoms with E-state index in [0.717, 1.165) is 16.5 Å². The van der Waals surface area contributed by atoms with Gasteiger partial charge >= 0.3 is 5.97 Å². The van der Waals surface area contributed by atoms with Gasteiger partial charge in [-0.1, -0.05) is 35.3 Å². The molecule has 1 aliphatic rings. The fourth-order valence-corrected chi connectivity index (χ4v) is 4.58. The summed E-state index contributed by atoms with van der Waals surface area (Å²) in [7, 11) is 0. The van der Waals surface area contributed by atoms with Crippen molar-refractivity contribution in [3.05, 3.63) is 52.5 Å². The van der Waals surface area contributed by atoms with E-state index in [0.29, 0.717) is 60.0 Å². The summed E-state index contributed by atoms with van der Waals surface area (Å²) in [6.07, 6.45) is 1.39. The molecule has 1 saturated heterocycles. The van der Waals surface area contributed by atoms with Gasteiger partial charge in [-0.3, -0.25) is 4.79 Å². The Balaban J connectivity index is 1.64. The maximum atomic E-state index is 12.2. The van der Waals surface area contributed by atoms with Gasteiger partial charge in [0, 0.05) is 29.1 Å². The summed E-state index contributed by atoms with van der Waals surface area (Å²) < 4.78 is 7.16. The third-order valence-corrected chi connectivity index (χ3v) is 6.36. The van der Waals surface area contributed by atoms with Gasteiger partial charge in [-0.15, -0.1) is 10.2 Å². The molecule has 164 valence electrons. The monoisotopic (exact) mass is 469 g/mol. The highest BCUT2D eigenvalue weighted by atomic mass is 35.5. The molecule has 0 atom stereocenters. The first-order chi connectivity index (χ1) is 15.6. The molecule has 0 radical (unpaired) electrons. The van der Waals surface area contributed by atoms with Crippen LogP contribution in [0.25, 0.3) is 27.9 Å². The number of fused-ring (bicyclic) bond motifs is 3. The first kappa shape index (κ1) is 21.0. The van der Waals surface area contributed by atoms with Crippen LogP contribution in [0.5, 0.6) is 0 Å². The summed E-state index contributed by atoms with van der Waals surface area (Å²) in [6.45, 7) is 3.56. The molecule has 2 aromatic heterocycles. The number of carbonyl (C=O) groups is 1. The Labute approximate surface area is 194 Å². The van der Waals surface area contributed by atoms with Crippen LogP contribution in [0.4, 0.5) is 5.95 Å². The van der Waals surface area contributed by atoms with E-state index < -0.39 is 0 Å². The van der Waals surface area contributed by atoms with Crippen molar-refractivity contribution in [3.63, 3.8) is 0 Å². The Kier molecular flexibility index (Phi) is 5.61. The third-order valence-electron chi connectivity index (χ3n) is 5.80. The standard InChI is InChI=1S/C23H21Cl2N5O2/c1-2-32-22(31)14-9-11-29(12-10-14)23-26-19-13-15(24)7-8-17(19)21-28-27-20(30(21)23)16-5-3-4-6-18(16)25/h3-8,13-14H,2,9-12H2,1H3. The molecule has 3 heterocycles. The zero-order valence-corrected chi connectivity index (χ0v) is 19.0. The molecule has 4 aromatic rings. The molecule has 0 spiro atoms. The van der Waals surface area contributed by atoms with Crippen LogP contribution in [-0.4, -0.2) is 45.2 Å². The summed E-state index contributed by atoms with van der Waals surface area (Å²) >= 11 is 12.7. The number of anilines is 1. The van der Waals surface area contributed by atoms with Gasteiger partial charge in [0.1, 0.15) is 0 Å². The quantitative estimate of drug-likeness (QED) is 0.390. The first-order valence-electron chi connectivity index (χ1n) is 10.6. The molecule has 0 saturated carbocycles. The van der Waals surface area contributed by atoms with Gasteiger partial charge in [-0.05, 0) is 50.1 Å². The number of hydrogen-bond donors (Lipinski definition) is 0. The summed E-state index contributed by atoms with van der Waals surface area (Å²) in [5, 5.41) is 11.0. The highest BCUT2D eigenvalue weighted by molar-refractivity contribution is 6.33. The average Bonchev–Trinajstić information content (AvgIpc) is 3.24. The molecule has 5 rings (SSSR count). The lowest BCUT2D eigenvalue weighted by Gasteiger charge is -2.32. The van der Waals surface area contributed by atoms with Crippen LogP contribution >= 0.6 is 23.2 Å². The molecule has 0 amide bonds. The number of hydrogen-bond acceptors (Lipinski definition) is 6. The normalized spacial score (nSPS) is 14.9. The minimum absolute atomic E-state index is 0.0967. The van der Waals surface area contributed by atoms with E-state index in [1.807, 2.05) is 53.8 Å². The summed E-state index contributed by atoms with van der Waals surface area (Å²) in [5.41, 5.74) is 2.20. The van der Waals surface area contributed by atoms with Gasteiger partial charge in [-0.25, -0.2) is 9.38 Å². The number of nitrogens with zero attached hydrogens (tertiary/aromatic N) is 5. The van der Waals surface area contributed by atoms with Gasteiger partial charge in [0.25, 0.3) is 0 Å². The van der Waals surface area contributed by atoms with Crippen molar-refractivity contribution in [2.24, 2.45) is 5.92 Å². The van der Waals surface area contributed by atoms with Crippen molar-refractivity contribution in [3.8, 4) is 11.4 Å². The molecule has 0 aliphatic carbocycles. The second-order valence-electron chi connectivity index (χ2n) is 7.75. The van der Waals surface area contributed by atoms with E-state index in [-0.39, 0.29) is 11.9 Å². The van der Waals surface area contributed by atoms with Gasteiger partial charge in [0.2, 0.25) is 5.95 Å². The number of ether oxygens (including phenoxy) is 1. The molecule has 1 fully saturated rings. The van der Waals surface area contributed by atoms with Crippen LogP contribution in [-0.2, 0) is 9.53 Å². The van der Waals surface area contributed by atoms with Crippen LogP contribution in [0.15, 0.2) is 42.5 Å². The van der Waals surface area contributed by atoms with Gasteiger partial charge in [-0.2, -0.15) is 0 Å². The second kappa shape index (κ2) is 8.56. The summed E-state index contributed by atoms with van der Waals surface area (Å²) in [5.74, 6) is 1.10. The number of halogens is 2. The van der Waals surface area contributed by atoms with Crippen molar-refractivity contribution in [1.29, 1.82) is 0 Å². The largest absolute Gasteiger partial charge is 0.466 e. The number of esters is 1. The van der Waals surface area contributed by atoms with E-state index in [4.69, 9.17) is 32.9 Å². The van der Waals surface area contributed by atoms with E-state index in [2.05, 4.69) is 15.1 Å². The molecule has 9 heteroatoms. The number of aromatic nitrogens is 4. The SMILES string of the molecule is CCOC(=O)C1CCN(c2nc3cc(Cl)ccc3c3nnc(-c4ccccc4Cl)n23)CC1. The third kappa shape index (κ3) is 3.65. The van der Waals surface area contributed by atoms with Crippen molar-refractivity contribution in [2.45, 2.75) is 19.8 Å². The number of piperidine rings is 1. The van der Waals surface area contributed by atoms with E-state index in [1.165, 1.54) is 0 Å². The van der Waals surface area contributed by atoms with Crippen LogP contribution in [0.1, 0.15) is 19.8 Å². The minimum Gasteiger partial charge on any atom is -0.466 e. The molecule has 0 N–H and O–H groups in total. The molecular formula is C23H21Cl2N5O2. The second-order valence-corrected chi connectivity index (χ2v) is 8.59. The molecule has 2 aromatic carbocycles.